The van der Waals surface area contributed by atoms with Gasteiger partial charge in [0.2, 0.25) is 15.6 Å². The predicted molar refractivity (Wildman–Crippen MR) is 102 cm³/mol. The van der Waals surface area contributed by atoms with Gasteiger partial charge in [0.15, 0.2) is 0 Å². The fourth-order valence-electron chi connectivity index (χ4n) is 3.17. The van der Waals surface area contributed by atoms with Crippen LogP contribution in [0.25, 0.3) is 0 Å². The standard InChI is InChI=1S/C19H27F3N2O4S/c1-13-12-23(16(25)18(5,26)19(20,21)22)10-11-24(13)29(27,28)15-8-6-14(7-9-15)17(2,3)4/h6-9,13,26H,10-12H2,1-5H3/t13-,18-/m1/s1. The molecule has 0 bridgehead atoms. The van der Waals surface area contributed by atoms with Crippen LogP contribution < -0.4 is 0 Å². The van der Waals surface area contributed by atoms with Crippen LogP contribution in [0.3, 0.4) is 0 Å². The number of rotatable bonds is 3. The number of carbonyl (C=O) groups is 1. The molecule has 0 saturated carbocycles. The van der Waals surface area contributed by atoms with Crippen LogP contribution in [0, 0.1) is 0 Å². The molecule has 0 spiro atoms. The lowest BCUT2D eigenvalue weighted by Crippen LogP contribution is -2.62. The van der Waals surface area contributed by atoms with E-state index in [2.05, 4.69) is 0 Å². The van der Waals surface area contributed by atoms with Crippen LogP contribution in [-0.2, 0) is 20.2 Å². The second-order valence-electron chi connectivity index (χ2n) is 8.56. The van der Waals surface area contributed by atoms with Crippen molar-refractivity contribution < 1.29 is 31.5 Å². The van der Waals surface area contributed by atoms with E-state index in [1.165, 1.54) is 23.4 Å². The monoisotopic (exact) mass is 436 g/mol. The third-order valence-electron chi connectivity index (χ3n) is 5.15. The van der Waals surface area contributed by atoms with Gasteiger partial charge in [-0.05, 0) is 37.0 Å². The third kappa shape index (κ3) is 4.59. The fraction of sp³-hybridized carbons (Fsp3) is 0.632. The Morgan fingerprint density at radius 3 is 2.00 bits per heavy atom. The molecule has 10 heteroatoms. The molecule has 1 aliphatic rings. The van der Waals surface area contributed by atoms with Crippen molar-refractivity contribution in [3.8, 4) is 0 Å². The Labute approximate surface area is 169 Å². The largest absolute Gasteiger partial charge is 0.426 e. The Morgan fingerprint density at radius 2 is 1.59 bits per heavy atom. The summed E-state index contributed by atoms with van der Waals surface area (Å²) in [5, 5.41) is 9.61. The molecule has 0 radical (unpaired) electrons. The van der Waals surface area contributed by atoms with Gasteiger partial charge in [0.1, 0.15) is 0 Å². The zero-order chi connectivity index (χ0) is 22.4. The summed E-state index contributed by atoms with van der Waals surface area (Å²) in [6.45, 7) is 7.28. The number of aliphatic hydroxyl groups is 1. The summed E-state index contributed by atoms with van der Waals surface area (Å²) < 4.78 is 65.9. The highest BCUT2D eigenvalue weighted by molar-refractivity contribution is 7.89. The predicted octanol–water partition coefficient (Wildman–Crippen LogP) is 2.52. The quantitative estimate of drug-likeness (QED) is 0.790. The molecule has 2 rings (SSSR count). The van der Waals surface area contributed by atoms with Gasteiger partial charge in [0.05, 0.1) is 4.90 Å². The number of nitrogens with zero attached hydrogens (tertiary/aromatic N) is 2. The van der Waals surface area contributed by atoms with E-state index >= 15 is 0 Å². The molecule has 1 fully saturated rings. The Kier molecular flexibility index (Phi) is 6.15. The van der Waals surface area contributed by atoms with Gasteiger partial charge in [-0.2, -0.15) is 17.5 Å². The van der Waals surface area contributed by atoms with Crippen molar-refractivity contribution >= 4 is 15.9 Å². The second-order valence-corrected chi connectivity index (χ2v) is 10.5. The molecule has 2 atom stereocenters. The maximum Gasteiger partial charge on any atom is 0.426 e. The highest BCUT2D eigenvalue weighted by Crippen LogP contribution is 2.33. The first kappa shape index (κ1) is 23.6. The van der Waals surface area contributed by atoms with Crippen molar-refractivity contribution in [2.75, 3.05) is 19.6 Å². The summed E-state index contributed by atoms with van der Waals surface area (Å²) in [5.74, 6) is -1.48. The van der Waals surface area contributed by atoms with Crippen molar-refractivity contribution in [3.05, 3.63) is 29.8 Å². The van der Waals surface area contributed by atoms with Crippen LogP contribution in [0.1, 0.15) is 40.2 Å². The molecule has 0 aromatic heterocycles. The number of halogens is 3. The highest BCUT2D eigenvalue weighted by Gasteiger charge is 2.57. The number of amides is 1. The summed E-state index contributed by atoms with van der Waals surface area (Å²) in [6, 6.07) is 5.74. The van der Waals surface area contributed by atoms with E-state index < -0.39 is 33.7 Å². The Morgan fingerprint density at radius 1 is 1.07 bits per heavy atom. The topological polar surface area (TPSA) is 77.9 Å². The molecular formula is C19H27F3N2O4S. The van der Waals surface area contributed by atoms with Crippen LogP contribution in [0.4, 0.5) is 13.2 Å². The zero-order valence-electron chi connectivity index (χ0n) is 17.1. The molecule has 1 heterocycles. The second kappa shape index (κ2) is 7.55. The summed E-state index contributed by atoms with van der Waals surface area (Å²) in [7, 11) is -3.88. The molecule has 0 aliphatic carbocycles. The van der Waals surface area contributed by atoms with E-state index in [1.807, 2.05) is 20.8 Å². The molecule has 1 N–H and O–H groups in total. The van der Waals surface area contributed by atoms with Gasteiger partial charge in [-0.15, -0.1) is 0 Å². The molecule has 1 aliphatic heterocycles. The van der Waals surface area contributed by atoms with E-state index in [1.54, 1.807) is 12.1 Å². The molecular weight excluding hydrogens is 409 g/mol. The Balaban J connectivity index is 2.19. The first-order chi connectivity index (χ1) is 13.0. The number of alkyl halides is 3. The number of benzene rings is 1. The summed E-state index contributed by atoms with van der Waals surface area (Å²) >= 11 is 0. The molecule has 29 heavy (non-hydrogen) atoms. The lowest BCUT2D eigenvalue weighted by atomic mass is 9.87. The van der Waals surface area contributed by atoms with Gasteiger partial charge in [-0.1, -0.05) is 32.9 Å². The Bertz CT molecular complexity index is 859. The summed E-state index contributed by atoms with van der Waals surface area (Å²) in [6.07, 6.45) is -5.12. The van der Waals surface area contributed by atoms with E-state index in [4.69, 9.17) is 0 Å². The van der Waals surface area contributed by atoms with E-state index in [9.17, 15) is 31.5 Å². The maximum atomic E-state index is 13.0. The minimum atomic E-state index is -5.12. The lowest BCUT2D eigenvalue weighted by molar-refractivity contribution is -0.250. The average molecular weight is 436 g/mol. The van der Waals surface area contributed by atoms with Crippen molar-refractivity contribution in [1.82, 2.24) is 9.21 Å². The van der Waals surface area contributed by atoms with Crippen molar-refractivity contribution in [2.24, 2.45) is 0 Å². The first-order valence-corrected chi connectivity index (χ1v) is 10.6. The molecule has 1 saturated heterocycles. The maximum absolute atomic E-state index is 13.0. The van der Waals surface area contributed by atoms with Crippen molar-refractivity contribution in [3.63, 3.8) is 0 Å². The van der Waals surface area contributed by atoms with Gasteiger partial charge >= 0.3 is 6.18 Å². The summed E-state index contributed by atoms with van der Waals surface area (Å²) in [4.78, 5) is 13.1. The van der Waals surface area contributed by atoms with Gasteiger partial charge in [-0.3, -0.25) is 4.79 Å². The molecule has 164 valence electrons. The smallest absolute Gasteiger partial charge is 0.373 e. The van der Waals surface area contributed by atoms with E-state index in [-0.39, 0.29) is 29.9 Å². The highest BCUT2D eigenvalue weighted by atomic mass is 32.2. The lowest BCUT2D eigenvalue weighted by Gasteiger charge is -2.41. The van der Waals surface area contributed by atoms with E-state index in [0.717, 1.165) is 10.5 Å². The molecule has 0 unspecified atom stereocenters. The van der Waals surface area contributed by atoms with Crippen LogP contribution in [-0.4, -0.2) is 66.1 Å². The number of piperazine rings is 1. The fourth-order valence-corrected chi connectivity index (χ4v) is 4.79. The van der Waals surface area contributed by atoms with Crippen molar-refractivity contribution in [1.29, 1.82) is 0 Å². The third-order valence-corrected chi connectivity index (χ3v) is 7.18. The molecule has 1 amide bonds. The zero-order valence-corrected chi connectivity index (χ0v) is 17.9. The van der Waals surface area contributed by atoms with Crippen LogP contribution >= 0.6 is 0 Å². The molecule has 1 aromatic carbocycles. The molecule has 1 aromatic rings. The normalized spacial score (nSPS) is 21.7. The SMILES string of the molecule is C[C@@H]1CN(C(=O)[C@@](C)(O)C(F)(F)F)CCN1S(=O)(=O)c1ccc(C(C)(C)C)cc1. The Hall–Kier alpha value is -1.65. The van der Waals surface area contributed by atoms with Crippen molar-refractivity contribution in [2.45, 2.75) is 62.7 Å². The van der Waals surface area contributed by atoms with Gasteiger partial charge in [-0.25, -0.2) is 8.42 Å². The number of hydrogen-bond donors (Lipinski definition) is 1. The minimum absolute atomic E-state index is 0.0828. The molecule has 6 nitrogen and oxygen atoms in total. The first-order valence-electron chi connectivity index (χ1n) is 9.20. The van der Waals surface area contributed by atoms with Gasteiger partial charge in [0.25, 0.3) is 5.91 Å². The minimum Gasteiger partial charge on any atom is -0.373 e. The van der Waals surface area contributed by atoms with Gasteiger partial charge < -0.3 is 10.0 Å². The van der Waals surface area contributed by atoms with Crippen LogP contribution in [0.5, 0.6) is 0 Å². The van der Waals surface area contributed by atoms with E-state index in [0.29, 0.717) is 6.92 Å². The van der Waals surface area contributed by atoms with Gasteiger partial charge in [0, 0.05) is 25.7 Å². The van der Waals surface area contributed by atoms with Crippen LogP contribution in [0.15, 0.2) is 29.2 Å². The summed E-state index contributed by atoms with van der Waals surface area (Å²) in [5.41, 5.74) is -2.69. The number of sulfonamides is 1. The average Bonchev–Trinajstić information content (AvgIpc) is 2.59. The number of hydrogen-bond acceptors (Lipinski definition) is 4. The van der Waals surface area contributed by atoms with Crippen LogP contribution in [0.2, 0.25) is 0 Å². The number of carbonyl (C=O) groups excluding carboxylic acids is 1.